The van der Waals surface area contributed by atoms with Gasteiger partial charge in [-0.1, -0.05) is 28.9 Å². The van der Waals surface area contributed by atoms with Crippen LogP contribution in [0.3, 0.4) is 0 Å². The zero-order valence-corrected chi connectivity index (χ0v) is 11.2. The average molecular weight is 297 g/mol. The minimum Gasteiger partial charge on any atom is -0.374 e. The number of hydrogen-bond donors (Lipinski definition) is 2. The Balaban J connectivity index is 2.24. The van der Waals surface area contributed by atoms with E-state index < -0.39 is 5.56 Å². The molecule has 6 nitrogen and oxygen atoms in total. The summed E-state index contributed by atoms with van der Waals surface area (Å²) in [6, 6.07) is 0. The predicted molar refractivity (Wildman–Crippen MR) is 74.6 cm³/mol. The molecule has 2 aromatic rings. The van der Waals surface area contributed by atoms with Crippen molar-refractivity contribution in [3.63, 3.8) is 0 Å². The molecule has 0 spiro atoms. The third-order valence-corrected chi connectivity index (χ3v) is 3.27. The van der Waals surface area contributed by atoms with E-state index >= 15 is 0 Å². The van der Waals surface area contributed by atoms with E-state index in [-0.39, 0.29) is 28.7 Å². The SMILES string of the molecule is C#CCn1ncc(Cl)c(NCc2csc(=O)[nH]2)c1=O. The second-order valence-corrected chi connectivity index (χ2v) is 4.81. The van der Waals surface area contributed by atoms with Crippen LogP contribution in [0, 0.1) is 12.3 Å². The molecule has 2 aromatic heterocycles. The minimum absolute atomic E-state index is 0.0694. The molecule has 0 radical (unpaired) electrons. The number of nitrogens with one attached hydrogen (secondary N) is 2. The number of terminal acetylenes is 1. The molecule has 0 amide bonds. The van der Waals surface area contributed by atoms with Crippen LogP contribution in [-0.2, 0) is 13.1 Å². The summed E-state index contributed by atoms with van der Waals surface area (Å²) in [6.45, 7) is 0.355. The van der Waals surface area contributed by atoms with Crippen LogP contribution in [0.15, 0.2) is 21.2 Å². The van der Waals surface area contributed by atoms with Gasteiger partial charge in [0.05, 0.1) is 17.8 Å². The van der Waals surface area contributed by atoms with E-state index in [0.29, 0.717) is 5.69 Å². The van der Waals surface area contributed by atoms with Crippen molar-refractivity contribution in [1.29, 1.82) is 0 Å². The van der Waals surface area contributed by atoms with E-state index in [0.717, 1.165) is 16.0 Å². The first-order valence-electron chi connectivity index (χ1n) is 5.21. The summed E-state index contributed by atoms with van der Waals surface area (Å²) < 4.78 is 1.13. The van der Waals surface area contributed by atoms with Crippen LogP contribution in [0.5, 0.6) is 0 Å². The first kappa shape index (κ1) is 13.4. The van der Waals surface area contributed by atoms with Gasteiger partial charge in [-0.25, -0.2) is 4.68 Å². The van der Waals surface area contributed by atoms with Crippen molar-refractivity contribution in [1.82, 2.24) is 14.8 Å². The summed E-state index contributed by atoms with van der Waals surface area (Å²) in [4.78, 5) is 25.5. The van der Waals surface area contributed by atoms with Crippen molar-refractivity contribution in [2.75, 3.05) is 5.32 Å². The van der Waals surface area contributed by atoms with Gasteiger partial charge in [-0.05, 0) is 0 Å². The Hall–Kier alpha value is -2.04. The van der Waals surface area contributed by atoms with Gasteiger partial charge >= 0.3 is 4.87 Å². The monoisotopic (exact) mass is 296 g/mol. The summed E-state index contributed by atoms with van der Waals surface area (Å²) in [5, 5.41) is 8.57. The molecule has 2 rings (SSSR count). The van der Waals surface area contributed by atoms with Crippen LogP contribution in [-0.4, -0.2) is 14.8 Å². The third-order valence-electron chi connectivity index (χ3n) is 2.27. The number of thiazole rings is 1. The zero-order valence-electron chi connectivity index (χ0n) is 9.64. The summed E-state index contributed by atoms with van der Waals surface area (Å²) in [5.74, 6) is 2.33. The molecule has 0 saturated carbocycles. The van der Waals surface area contributed by atoms with Crippen molar-refractivity contribution in [2.45, 2.75) is 13.1 Å². The van der Waals surface area contributed by atoms with Crippen LogP contribution < -0.4 is 15.7 Å². The predicted octanol–water partition coefficient (Wildman–Crippen LogP) is 0.892. The maximum absolute atomic E-state index is 12.0. The normalized spacial score (nSPS) is 10.1. The average Bonchev–Trinajstić information content (AvgIpc) is 2.79. The molecule has 0 saturated heterocycles. The van der Waals surface area contributed by atoms with Crippen LogP contribution in [0.1, 0.15) is 5.69 Å². The van der Waals surface area contributed by atoms with Gasteiger partial charge in [0, 0.05) is 11.1 Å². The number of anilines is 1. The summed E-state index contributed by atoms with van der Waals surface area (Å²) in [7, 11) is 0. The Labute approximate surface area is 117 Å². The van der Waals surface area contributed by atoms with Gasteiger partial charge in [-0.2, -0.15) is 5.10 Å². The van der Waals surface area contributed by atoms with Crippen molar-refractivity contribution < 1.29 is 0 Å². The fourth-order valence-electron chi connectivity index (χ4n) is 1.41. The molecule has 0 unspecified atom stereocenters. The lowest BCUT2D eigenvalue weighted by Gasteiger charge is -2.08. The van der Waals surface area contributed by atoms with Crippen molar-refractivity contribution in [3.8, 4) is 12.3 Å². The first-order chi connectivity index (χ1) is 9.11. The molecular formula is C11H9ClN4O2S. The lowest BCUT2D eigenvalue weighted by atomic mass is 10.4. The van der Waals surface area contributed by atoms with Crippen LogP contribution in [0.2, 0.25) is 5.02 Å². The summed E-state index contributed by atoms with van der Waals surface area (Å²) in [6.07, 6.45) is 6.49. The van der Waals surface area contributed by atoms with Crippen molar-refractivity contribution in [2.24, 2.45) is 0 Å². The van der Waals surface area contributed by atoms with E-state index in [2.05, 4.69) is 21.3 Å². The highest BCUT2D eigenvalue weighted by Crippen LogP contribution is 2.15. The topological polar surface area (TPSA) is 79.8 Å². The Bertz CT molecular complexity index is 740. The highest BCUT2D eigenvalue weighted by Gasteiger charge is 2.09. The Kier molecular flexibility index (Phi) is 4.04. The van der Waals surface area contributed by atoms with E-state index in [4.69, 9.17) is 18.0 Å². The number of rotatable bonds is 4. The summed E-state index contributed by atoms with van der Waals surface area (Å²) >= 11 is 6.97. The number of aromatic nitrogens is 3. The molecule has 8 heteroatoms. The lowest BCUT2D eigenvalue weighted by Crippen LogP contribution is -2.25. The molecule has 19 heavy (non-hydrogen) atoms. The highest BCUT2D eigenvalue weighted by atomic mass is 35.5. The molecule has 0 atom stereocenters. The molecule has 0 aliphatic carbocycles. The smallest absolute Gasteiger partial charge is 0.304 e. The second-order valence-electron chi connectivity index (χ2n) is 3.56. The molecule has 2 N–H and O–H groups in total. The van der Waals surface area contributed by atoms with Gasteiger partial charge < -0.3 is 10.3 Å². The zero-order chi connectivity index (χ0) is 13.8. The van der Waals surface area contributed by atoms with Gasteiger partial charge in [-0.3, -0.25) is 9.59 Å². The largest absolute Gasteiger partial charge is 0.374 e. The molecule has 2 heterocycles. The van der Waals surface area contributed by atoms with Crippen LogP contribution in [0.25, 0.3) is 0 Å². The molecule has 0 aromatic carbocycles. The molecule has 0 fully saturated rings. The molecular weight excluding hydrogens is 288 g/mol. The quantitative estimate of drug-likeness (QED) is 0.821. The first-order valence-corrected chi connectivity index (χ1v) is 6.47. The van der Waals surface area contributed by atoms with E-state index in [1.54, 1.807) is 5.38 Å². The summed E-state index contributed by atoms with van der Waals surface area (Å²) in [5.41, 5.74) is 0.479. The molecule has 98 valence electrons. The van der Waals surface area contributed by atoms with Crippen molar-refractivity contribution >= 4 is 28.6 Å². The maximum atomic E-state index is 12.0. The molecule has 0 bridgehead atoms. The van der Waals surface area contributed by atoms with Crippen LogP contribution in [0.4, 0.5) is 5.69 Å². The van der Waals surface area contributed by atoms with E-state index in [1.807, 2.05) is 0 Å². The number of halogens is 1. The van der Waals surface area contributed by atoms with Gasteiger partial charge in [0.15, 0.2) is 0 Å². The standard InChI is InChI=1S/C11H9ClN4O2S/c1-2-3-16-10(17)9(8(12)5-14-16)13-4-7-6-19-11(18)15-7/h1,5-6,13H,3-4H2,(H,15,18). The second kappa shape index (κ2) is 5.73. The van der Waals surface area contributed by atoms with Gasteiger partial charge in [0.25, 0.3) is 5.56 Å². The minimum atomic E-state index is -0.400. The molecule has 0 aliphatic heterocycles. The lowest BCUT2D eigenvalue weighted by molar-refractivity contribution is 0.664. The van der Waals surface area contributed by atoms with Crippen LogP contribution >= 0.6 is 22.9 Å². The Morgan fingerprint density at radius 2 is 2.37 bits per heavy atom. The third kappa shape index (κ3) is 3.05. The van der Waals surface area contributed by atoms with E-state index in [1.165, 1.54) is 6.20 Å². The fourth-order valence-corrected chi connectivity index (χ4v) is 2.18. The van der Waals surface area contributed by atoms with Crippen molar-refractivity contribution in [3.05, 3.63) is 42.3 Å². The number of H-pyrrole nitrogens is 1. The molecule has 0 aliphatic rings. The number of aromatic amines is 1. The highest BCUT2D eigenvalue weighted by molar-refractivity contribution is 7.07. The fraction of sp³-hybridized carbons (Fsp3) is 0.182. The van der Waals surface area contributed by atoms with Gasteiger partial charge in [0.1, 0.15) is 12.2 Å². The van der Waals surface area contributed by atoms with E-state index in [9.17, 15) is 9.59 Å². The number of hydrogen-bond acceptors (Lipinski definition) is 5. The Morgan fingerprint density at radius 1 is 1.58 bits per heavy atom. The van der Waals surface area contributed by atoms with Gasteiger partial charge in [0.2, 0.25) is 0 Å². The Morgan fingerprint density at radius 3 is 3.00 bits per heavy atom. The van der Waals surface area contributed by atoms with Gasteiger partial charge in [-0.15, -0.1) is 6.42 Å². The number of nitrogens with zero attached hydrogens (tertiary/aromatic N) is 2. The maximum Gasteiger partial charge on any atom is 0.304 e.